The van der Waals surface area contributed by atoms with E-state index in [9.17, 15) is 4.79 Å². The maximum absolute atomic E-state index is 12.7. The lowest BCUT2D eigenvalue weighted by molar-refractivity contribution is 0.102. The predicted octanol–water partition coefficient (Wildman–Crippen LogP) is 4.43. The molecule has 5 nitrogen and oxygen atoms in total. The second kappa shape index (κ2) is 7.11. The van der Waals surface area contributed by atoms with Gasteiger partial charge in [-0.1, -0.05) is 36.4 Å². The number of rotatable bonds is 4. The van der Waals surface area contributed by atoms with E-state index in [0.717, 1.165) is 17.9 Å². The van der Waals surface area contributed by atoms with Crippen molar-refractivity contribution in [3.05, 3.63) is 78.0 Å². The molecule has 0 bridgehead atoms. The number of hydrogen-bond donors (Lipinski definition) is 1. The molecule has 1 unspecified atom stereocenters. The maximum Gasteiger partial charge on any atom is 0.274 e. The number of amides is 1. The van der Waals surface area contributed by atoms with Gasteiger partial charge in [-0.3, -0.25) is 4.79 Å². The van der Waals surface area contributed by atoms with Crippen molar-refractivity contribution in [3.63, 3.8) is 0 Å². The Labute approximate surface area is 158 Å². The number of pyridine rings is 1. The molecule has 0 fully saturated rings. The minimum atomic E-state index is -0.263. The Bertz CT molecular complexity index is 987. The minimum absolute atomic E-state index is 0.263. The standard InChI is InChI=1S/C22H21N3O2/c1-15-14-16-8-3-5-11-19(16)25(15)21-13-7-10-18(23-21)22(26)24-17-9-4-6-12-20(17)27-2/h3-13,15H,14H2,1-2H3,(H,24,26). The minimum Gasteiger partial charge on any atom is -0.495 e. The van der Waals surface area contributed by atoms with Gasteiger partial charge in [-0.25, -0.2) is 4.98 Å². The van der Waals surface area contributed by atoms with E-state index in [1.54, 1.807) is 19.2 Å². The van der Waals surface area contributed by atoms with Crippen LogP contribution in [0, 0.1) is 0 Å². The van der Waals surface area contributed by atoms with E-state index in [1.165, 1.54) is 5.56 Å². The summed E-state index contributed by atoms with van der Waals surface area (Å²) < 4.78 is 5.30. The number of nitrogens with zero attached hydrogens (tertiary/aromatic N) is 2. The summed E-state index contributed by atoms with van der Waals surface area (Å²) in [5.74, 6) is 1.13. The van der Waals surface area contributed by atoms with E-state index in [-0.39, 0.29) is 5.91 Å². The number of carbonyl (C=O) groups is 1. The van der Waals surface area contributed by atoms with Gasteiger partial charge < -0.3 is 15.0 Å². The third kappa shape index (κ3) is 3.24. The number of aromatic nitrogens is 1. The molecule has 0 aliphatic carbocycles. The number of fused-ring (bicyclic) bond motifs is 1. The number of para-hydroxylation sites is 3. The fourth-order valence-electron chi connectivity index (χ4n) is 3.53. The van der Waals surface area contributed by atoms with Crippen LogP contribution in [0.4, 0.5) is 17.2 Å². The molecule has 2 aromatic carbocycles. The van der Waals surface area contributed by atoms with Gasteiger partial charge in [0.25, 0.3) is 5.91 Å². The van der Waals surface area contributed by atoms with Gasteiger partial charge in [0, 0.05) is 11.7 Å². The highest BCUT2D eigenvalue weighted by Gasteiger charge is 2.28. The Morgan fingerprint density at radius 3 is 2.70 bits per heavy atom. The van der Waals surface area contributed by atoms with Crippen LogP contribution >= 0.6 is 0 Å². The lowest BCUT2D eigenvalue weighted by Crippen LogP contribution is -2.25. The maximum atomic E-state index is 12.7. The van der Waals surface area contributed by atoms with Crippen molar-refractivity contribution in [1.29, 1.82) is 0 Å². The average molecular weight is 359 g/mol. The summed E-state index contributed by atoms with van der Waals surface area (Å²) in [5, 5.41) is 2.88. The molecule has 3 aromatic rings. The summed E-state index contributed by atoms with van der Waals surface area (Å²) in [4.78, 5) is 19.5. The Hall–Kier alpha value is -3.34. The predicted molar refractivity (Wildman–Crippen MR) is 107 cm³/mol. The van der Waals surface area contributed by atoms with E-state index < -0.39 is 0 Å². The molecule has 1 N–H and O–H groups in total. The Balaban J connectivity index is 1.62. The molecule has 4 rings (SSSR count). The zero-order valence-electron chi connectivity index (χ0n) is 15.3. The normalized spacial score (nSPS) is 15.3. The first-order valence-electron chi connectivity index (χ1n) is 8.96. The lowest BCUT2D eigenvalue weighted by atomic mass is 10.1. The van der Waals surface area contributed by atoms with E-state index in [0.29, 0.717) is 23.2 Å². The molecule has 0 spiro atoms. The van der Waals surface area contributed by atoms with Crippen molar-refractivity contribution < 1.29 is 9.53 Å². The van der Waals surface area contributed by atoms with Crippen LogP contribution in [0.2, 0.25) is 0 Å². The van der Waals surface area contributed by atoms with Crippen molar-refractivity contribution in [2.45, 2.75) is 19.4 Å². The summed E-state index contributed by atoms with van der Waals surface area (Å²) in [5.41, 5.74) is 3.45. The van der Waals surface area contributed by atoms with Crippen LogP contribution in [-0.2, 0) is 6.42 Å². The largest absolute Gasteiger partial charge is 0.495 e. The van der Waals surface area contributed by atoms with Crippen LogP contribution in [0.1, 0.15) is 23.0 Å². The van der Waals surface area contributed by atoms with E-state index in [2.05, 4.69) is 40.3 Å². The Morgan fingerprint density at radius 1 is 1.07 bits per heavy atom. The van der Waals surface area contributed by atoms with Gasteiger partial charge in [-0.15, -0.1) is 0 Å². The third-order valence-corrected chi connectivity index (χ3v) is 4.78. The Kier molecular flexibility index (Phi) is 4.50. The number of ether oxygens (including phenoxy) is 1. The molecule has 0 saturated heterocycles. The van der Waals surface area contributed by atoms with Crippen LogP contribution in [0.25, 0.3) is 0 Å². The van der Waals surface area contributed by atoms with E-state index in [4.69, 9.17) is 4.74 Å². The van der Waals surface area contributed by atoms with Crippen LogP contribution in [0.3, 0.4) is 0 Å². The Morgan fingerprint density at radius 2 is 1.85 bits per heavy atom. The SMILES string of the molecule is COc1ccccc1NC(=O)c1cccc(N2c3ccccc3CC2C)n1. The quantitative estimate of drug-likeness (QED) is 0.749. The van der Waals surface area contributed by atoms with E-state index in [1.807, 2.05) is 36.4 Å². The highest BCUT2D eigenvalue weighted by atomic mass is 16.5. The van der Waals surface area contributed by atoms with Crippen molar-refractivity contribution in [3.8, 4) is 5.75 Å². The second-order valence-corrected chi connectivity index (χ2v) is 6.59. The smallest absolute Gasteiger partial charge is 0.274 e. The average Bonchev–Trinajstić information content (AvgIpc) is 3.04. The van der Waals surface area contributed by atoms with Crippen molar-refractivity contribution >= 4 is 23.1 Å². The van der Waals surface area contributed by atoms with Crippen molar-refractivity contribution in [2.75, 3.05) is 17.3 Å². The fraction of sp³-hybridized carbons (Fsp3) is 0.182. The van der Waals surface area contributed by atoms with Crippen LogP contribution < -0.4 is 15.0 Å². The van der Waals surface area contributed by atoms with Gasteiger partial charge in [-0.05, 0) is 49.2 Å². The first kappa shape index (κ1) is 17.1. The summed E-state index contributed by atoms with van der Waals surface area (Å²) in [6.07, 6.45) is 0.968. The molecule has 1 aliphatic rings. The highest BCUT2D eigenvalue weighted by molar-refractivity contribution is 6.04. The third-order valence-electron chi connectivity index (χ3n) is 4.78. The van der Waals surface area contributed by atoms with Gasteiger partial charge in [0.15, 0.2) is 0 Å². The summed E-state index contributed by atoms with van der Waals surface area (Å²) in [6.45, 7) is 2.17. The topological polar surface area (TPSA) is 54.5 Å². The fourth-order valence-corrected chi connectivity index (χ4v) is 3.53. The number of nitrogens with one attached hydrogen (secondary N) is 1. The van der Waals surface area contributed by atoms with Gasteiger partial charge in [0.05, 0.1) is 12.8 Å². The highest BCUT2D eigenvalue weighted by Crippen LogP contribution is 2.37. The van der Waals surface area contributed by atoms with Gasteiger partial charge in [0.1, 0.15) is 17.3 Å². The first-order chi connectivity index (χ1) is 13.2. The summed E-state index contributed by atoms with van der Waals surface area (Å²) in [7, 11) is 1.58. The van der Waals surface area contributed by atoms with Crippen LogP contribution in [0.5, 0.6) is 5.75 Å². The van der Waals surface area contributed by atoms with Crippen LogP contribution in [0.15, 0.2) is 66.7 Å². The molecule has 1 amide bonds. The zero-order valence-corrected chi connectivity index (χ0v) is 15.3. The van der Waals surface area contributed by atoms with E-state index >= 15 is 0 Å². The summed E-state index contributed by atoms with van der Waals surface area (Å²) in [6, 6.07) is 21.5. The lowest BCUT2D eigenvalue weighted by Gasteiger charge is -2.24. The number of methoxy groups -OCH3 is 1. The molecule has 27 heavy (non-hydrogen) atoms. The van der Waals surface area contributed by atoms with Gasteiger partial charge in [-0.2, -0.15) is 0 Å². The molecular formula is C22H21N3O2. The number of hydrogen-bond acceptors (Lipinski definition) is 4. The van der Waals surface area contributed by atoms with Crippen LogP contribution in [-0.4, -0.2) is 24.0 Å². The zero-order chi connectivity index (χ0) is 18.8. The number of carbonyl (C=O) groups excluding carboxylic acids is 1. The monoisotopic (exact) mass is 359 g/mol. The van der Waals surface area contributed by atoms with Crippen molar-refractivity contribution in [2.24, 2.45) is 0 Å². The summed E-state index contributed by atoms with van der Waals surface area (Å²) >= 11 is 0. The van der Waals surface area contributed by atoms with Crippen molar-refractivity contribution in [1.82, 2.24) is 4.98 Å². The molecule has 136 valence electrons. The molecule has 0 saturated carbocycles. The molecular weight excluding hydrogens is 338 g/mol. The number of benzene rings is 2. The van der Waals surface area contributed by atoms with Gasteiger partial charge >= 0.3 is 0 Å². The van der Waals surface area contributed by atoms with Gasteiger partial charge in [0.2, 0.25) is 0 Å². The molecule has 2 heterocycles. The molecule has 1 aliphatic heterocycles. The second-order valence-electron chi connectivity index (χ2n) is 6.59. The molecule has 0 radical (unpaired) electrons. The molecule has 1 atom stereocenters. The molecule has 1 aromatic heterocycles. The number of anilines is 3. The molecule has 5 heteroatoms. The first-order valence-corrected chi connectivity index (χ1v) is 8.96.